The van der Waals surface area contributed by atoms with Gasteiger partial charge in [0, 0.05) is 5.56 Å². The van der Waals surface area contributed by atoms with Crippen molar-refractivity contribution >= 4 is 10.9 Å². The smallest absolute Gasteiger partial charge is 0.259 e. The number of rotatable bonds is 5. The first-order valence-electron chi connectivity index (χ1n) is 7.96. The molecule has 0 fully saturated rings. The van der Waals surface area contributed by atoms with E-state index in [9.17, 15) is 4.79 Å². The largest absolute Gasteiger partial charge is 0.493 e. The van der Waals surface area contributed by atoms with Crippen LogP contribution in [0, 0.1) is 0 Å². The molecule has 0 saturated carbocycles. The highest BCUT2D eigenvalue weighted by molar-refractivity contribution is 5.79. The maximum atomic E-state index is 12.2. The monoisotopic (exact) mass is 324 g/mol. The molecule has 0 bridgehead atoms. The van der Waals surface area contributed by atoms with Crippen molar-refractivity contribution in [3.05, 3.63) is 52.8 Å². The van der Waals surface area contributed by atoms with E-state index in [1.807, 2.05) is 43.3 Å². The highest BCUT2D eigenvalue weighted by Gasteiger charge is 2.12. The Morgan fingerprint density at radius 1 is 1.17 bits per heavy atom. The summed E-state index contributed by atoms with van der Waals surface area (Å²) in [7, 11) is 1.60. The number of fused-ring (bicyclic) bond motifs is 1. The van der Waals surface area contributed by atoms with Gasteiger partial charge in [-0.05, 0) is 43.7 Å². The lowest BCUT2D eigenvalue weighted by atomic mass is 10.1. The molecule has 0 aliphatic carbocycles. The predicted octanol–water partition coefficient (Wildman–Crippen LogP) is 3.78. The Kier molecular flexibility index (Phi) is 4.51. The molecule has 1 N–H and O–H groups in total. The topological polar surface area (TPSA) is 64.2 Å². The van der Waals surface area contributed by atoms with E-state index in [1.165, 1.54) is 0 Å². The van der Waals surface area contributed by atoms with Crippen molar-refractivity contribution in [2.45, 2.75) is 26.4 Å². The molecule has 1 unspecified atom stereocenters. The van der Waals surface area contributed by atoms with Gasteiger partial charge in [-0.2, -0.15) is 0 Å². The number of hydrogen-bond acceptors (Lipinski definition) is 4. The minimum atomic E-state index is -0.158. The Morgan fingerprint density at radius 2 is 1.96 bits per heavy atom. The van der Waals surface area contributed by atoms with Crippen molar-refractivity contribution < 1.29 is 9.47 Å². The molecule has 0 spiro atoms. The third-order valence-corrected chi connectivity index (χ3v) is 3.95. The van der Waals surface area contributed by atoms with Crippen molar-refractivity contribution in [2.24, 2.45) is 0 Å². The second kappa shape index (κ2) is 6.74. The molecule has 1 heterocycles. The van der Waals surface area contributed by atoms with Gasteiger partial charge < -0.3 is 14.5 Å². The van der Waals surface area contributed by atoms with E-state index in [0.29, 0.717) is 28.2 Å². The van der Waals surface area contributed by atoms with Crippen LogP contribution in [0.25, 0.3) is 22.3 Å². The van der Waals surface area contributed by atoms with Crippen LogP contribution < -0.4 is 15.0 Å². The van der Waals surface area contributed by atoms with Crippen LogP contribution in [0.15, 0.2) is 47.3 Å². The zero-order chi connectivity index (χ0) is 17.1. The molecule has 1 atom stereocenters. The van der Waals surface area contributed by atoms with E-state index in [-0.39, 0.29) is 11.7 Å². The summed E-state index contributed by atoms with van der Waals surface area (Å²) in [5.74, 6) is 1.80. The zero-order valence-corrected chi connectivity index (χ0v) is 14.0. The average Bonchev–Trinajstić information content (AvgIpc) is 2.61. The van der Waals surface area contributed by atoms with Gasteiger partial charge in [-0.25, -0.2) is 4.98 Å². The Bertz CT molecular complexity index is 918. The fraction of sp³-hybridized carbons (Fsp3) is 0.263. The predicted molar refractivity (Wildman–Crippen MR) is 94.7 cm³/mol. The number of nitrogens with zero attached hydrogens (tertiary/aromatic N) is 1. The number of benzene rings is 2. The molecule has 5 nitrogen and oxygen atoms in total. The van der Waals surface area contributed by atoms with Crippen LogP contribution in [-0.4, -0.2) is 23.2 Å². The van der Waals surface area contributed by atoms with Crippen molar-refractivity contribution in [1.29, 1.82) is 0 Å². The SMILES string of the molecule is CCC(C)Oc1ccc(-c2nc3ccccc3c(=O)[nH]2)cc1OC. The Balaban J connectivity index is 2.05. The highest BCUT2D eigenvalue weighted by Crippen LogP contribution is 2.32. The summed E-state index contributed by atoms with van der Waals surface area (Å²) in [5.41, 5.74) is 1.27. The van der Waals surface area contributed by atoms with E-state index < -0.39 is 0 Å². The van der Waals surface area contributed by atoms with Crippen LogP contribution in [0.5, 0.6) is 11.5 Å². The van der Waals surface area contributed by atoms with Crippen LogP contribution >= 0.6 is 0 Å². The van der Waals surface area contributed by atoms with Crippen LogP contribution in [-0.2, 0) is 0 Å². The molecule has 3 aromatic rings. The van der Waals surface area contributed by atoms with Gasteiger partial charge in [0.15, 0.2) is 11.5 Å². The van der Waals surface area contributed by atoms with Crippen molar-refractivity contribution in [3.63, 3.8) is 0 Å². The third-order valence-electron chi connectivity index (χ3n) is 3.95. The van der Waals surface area contributed by atoms with E-state index >= 15 is 0 Å². The summed E-state index contributed by atoms with van der Waals surface area (Å²) in [4.78, 5) is 19.6. The number of nitrogens with one attached hydrogen (secondary N) is 1. The van der Waals surface area contributed by atoms with Crippen LogP contribution in [0.1, 0.15) is 20.3 Å². The van der Waals surface area contributed by atoms with E-state index in [4.69, 9.17) is 9.47 Å². The number of ether oxygens (including phenoxy) is 2. The second-order valence-electron chi connectivity index (χ2n) is 5.63. The molecule has 5 heteroatoms. The molecule has 0 aliphatic heterocycles. The summed E-state index contributed by atoms with van der Waals surface area (Å²) in [6, 6.07) is 12.8. The number of aromatic amines is 1. The summed E-state index contributed by atoms with van der Waals surface area (Å²) in [6.07, 6.45) is 1.01. The fourth-order valence-electron chi connectivity index (χ4n) is 2.44. The van der Waals surface area contributed by atoms with Gasteiger partial charge in [0.1, 0.15) is 5.82 Å². The lowest BCUT2D eigenvalue weighted by Crippen LogP contribution is -2.11. The fourth-order valence-corrected chi connectivity index (χ4v) is 2.44. The number of hydrogen-bond donors (Lipinski definition) is 1. The standard InChI is InChI=1S/C19H20N2O3/c1-4-12(2)24-16-10-9-13(11-17(16)23-3)18-20-15-8-6-5-7-14(15)19(22)21-18/h5-12H,4H2,1-3H3,(H,20,21,22). The molecular formula is C19H20N2O3. The molecule has 3 rings (SSSR count). The lowest BCUT2D eigenvalue weighted by molar-refractivity contribution is 0.207. The van der Waals surface area contributed by atoms with Crippen molar-refractivity contribution in [3.8, 4) is 22.9 Å². The van der Waals surface area contributed by atoms with E-state index in [1.54, 1.807) is 13.2 Å². The molecular weight excluding hydrogens is 304 g/mol. The van der Waals surface area contributed by atoms with E-state index in [0.717, 1.165) is 12.0 Å². The first kappa shape index (κ1) is 16.1. The number of para-hydroxylation sites is 1. The molecule has 124 valence electrons. The Morgan fingerprint density at radius 3 is 2.71 bits per heavy atom. The maximum absolute atomic E-state index is 12.2. The van der Waals surface area contributed by atoms with Gasteiger partial charge in [0.25, 0.3) is 5.56 Å². The molecule has 0 radical (unpaired) electrons. The molecule has 2 aromatic carbocycles. The Labute approximate surface area is 140 Å². The first-order valence-corrected chi connectivity index (χ1v) is 7.96. The van der Waals surface area contributed by atoms with Crippen LogP contribution in [0.3, 0.4) is 0 Å². The van der Waals surface area contributed by atoms with Gasteiger partial charge >= 0.3 is 0 Å². The van der Waals surface area contributed by atoms with Gasteiger partial charge in [0.2, 0.25) is 0 Å². The minimum absolute atomic E-state index is 0.100. The molecule has 0 aliphatic rings. The molecule has 0 saturated heterocycles. The number of aromatic nitrogens is 2. The van der Waals surface area contributed by atoms with Crippen LogP contribution in [0.4, 0.5) is 0 Å². The lowest BCUT2D eigenvalue weighted by Gasteiger charge is -2.16. The van der Waals surface area contributed by atoms with Gasteiger partial charge in [-0.3, -0.25) is 4.79 Å². The van der Waals surface area contributed by atoms with Gasteiger partial charge in [-0.15, -0.1) is 0 Å². The molecule has 0 amide bonds. The summed E-state index contributed by atoms with van der Waals surface area (Å²) in [6.45, 7) is 4.07. The first-order chi connectivity index (χ1) is 11.6. The highest BCUT2D eigenvalue weighted by atomic mass is 16.5. The summed E-state index contributed by atoms with van der Waals surface area (Å²) >= 11 is 0. The summed E-state index contributed by atoms with van der Waals surface area (Å²) in [5, 5.41) is 0.574. The maximum Gasteiger partial charge on any atom is 0.259 e. The zero-order valence-electron chi connectivity index (χ0n) is 14.0. The number of methoxy groups -OCH3 is 1. The van der Waals surface area contributed by atoms with Crippen LogP contribution in [0.2, 0.25) is 0 Å². The summed E-state index contributed by atoms with van der Waals surface area (Å²) < 4.78 is 11.3. The molecule has 1 aromatic heterocycles. The minimum Gasteiger partial charge on any atom is -0.493 e. The van der Waals surface area contributed by atoms with Crippen molar-refractivity contribution in [1.82, 2.24) is 9.97 Å². The normalized spacial score (nSPS) is 12.1. The third kappa shape index (κ3) is 3.11. The van der Waals surface area contributed by atoms with Crippen molar-refractivity contribution in [2.75, 3.05) is 7.11 Å². The van der Waals surface area contributed by atoms with E-state index in [2.05, 4.69) is 16.9 Å². The number of H-pyrrole nitrogens is 1. The quantitative estimate of drug-likeness (QED) is 0.776. The van der Waals surface area contributed by atoms with Gasteiger partial charge in [-0.1, -0.05) is 19.1 Å². The second-order valence-corrected chi connectivity index (χ2v) is 5.63. The van der Waals surface area contributed by atoms with Gasteiger partial charge in [0.05, 0.1) is 24.1 Å². The Hall–Kier alpha value is -2.82. The molecule has 24 heavy (non-hydrogen) atoms. The average molecular weight is 324 g/mol.